The van der Waals surface area contributed by atoms with Gasteiger partial charge in [0, 0.05) is 4.47 Å². The Morgan fingerprint density at radius 3 is 2.79 bits per heavy atom. The molecule has 0 amide bonds. The molecule has 0 fully saturated rings. The van der Waals surface area contributed by atoms with Gasteiger partial charge >= 0.3 is 0 Å². The minimum Gasteiger partial charge on any atom is -0.225 e. The van der Waals surface area contributed by atoms with E-state index in [2.05, 4.69) is 21.0 Å². The predicted molar refractivity (Wildman–Crippen MR) is 58.6 cm³/mol. The van der Waals surface area contributed by atoms with Crippen LogP contribution < -0.4 is 0 Å². The molecular weight excluding hydrogens is 294 g/mol. The fourth-order valence-electron chi connectivity index (χ4n) is 1.20. The van der Waals surface area contributed by atoms with Crippen LogP contribution in [0.25, 0.3) is 10.9 Å². The molecule has 0 unspecified atom stereocenters. The van der Waals surface area contributed by atoms with Crippen LogP contribution in [0.15, 0.2) is 16.6 Å². The van der Waals surface area contributed by atoms with Crippen molar-refractivity contribution in [1.29, 1.82) is 0 Å². The van der Waals surface area contributed by atoms with Gasteiger partial charge in [-0.15, -0.1) is 0 Å². The third-order valence-corrected chi connectivity index (χ3v) is 3.51. The summed E-state index contributed by atoms with van der Waals surface area (Å²) in [5.41, 5.74) is 0.584. The van der Waals surface area contributed by atoms with Gasteiger partial charge in [0.05, 0.1) is 15.9 Å². The Kier molecular flexibility index (Phi) is 2.68. The maximum Gasteiger partial charge on any atom is 0.183 e. The van der Waals surface area contributed by atoms with E-state index in [1.54, 1.807) is 12.1 Å². The minimum atomic E-state index is -0.762. The molecule has 0 aliphatic carbocycles. The van der Waals surface area contributed by atoms with Crippen LogP contribution in [0.5, 0.6) is 0 Å². The second-order valence-electron chi connectivity index (χ2n) is 2.67. The van der Waals surface area contributed by atoms with Gasteiger partial charge in [-0.3, -0.25) is 0 Å². The van der Waals surface area contributed by atoms with Crippen molar-refractivity contribution < 1.29 is 4.39 Å². The Hall–Kier alpha value is -0.320. The zero-order valence-corrected chi connectivity index (χ0v) is 9.87. The SMILES string of the molecule is FCn1nc2ccc(Br)c(Cl)c2c1Cl. The first-order valence-corrected chi connectivity index (χ1v) is 5.26. The van der Waals surface area contributed by atoms with Crippen LogP contribution in [0.2, 0.25) is 10.2 Å². The smallest absolute Gasteiger partial charge is 0.183 e. The molecule has 2 rings (SSSR count). The molecule has 0 spiro atoms. The molecule has 0 N–H and O–H groups in total. The number of alkyl halides is 1. The molecule has 0 bridgehead atoms. The number of rotatable bonds is 1. The highest BCUT2D eigenvalue weighted by molar-refractivity contribution is 9.10. The van der Waals surface area contributed by atoms with Crippen LogP contribution >= 0.6 is 39.1 Å². The highest BCUT2D eigenvalue weighted by Gasteiger charge is 2.13. The lowest BCUT2D eigenvalue weighted by atomic mass is 10.2. The van der Waals surface area contributed by atoms with Crippen LogP contribution in [0, 0.1) is 0 Å². The number of nitrogens with zero attached hydrogens (tertiary/aromatic N) is 2. The Bertz CT molecular complexity index is 498. The largest absolute Gasteiger partial charge is 0.225 e. The van der Waals surface area contributed by atoms with Crippen molar-refractivity contribution in [3.63, 3.8) is 0 Å². The van der Waals surface area contributed by atoms with E-state index in [0.29, 0.717) is 20.4 Å². The lowest BCUT2D eigenvalue weighted by molar-refractivity contribution is 0.352. The van der Waals surface area contributed by atoms with E-state index in [4.69, 9.17) is 23.2 Å². The van der Waals surface area contributed by atoms with E-state index in [-0.39, 0.29) is 5.15 Å². The molecule has 74 valence electrons. The van der Waals surface area contributed by atoms with Gasteiger partial charge in [0.2, 0.25) is 0 Å². The summed E-state index contributed by atoms with van der Waals surface area (Å²) in [5, 5.41) is 5.17. The van der Waals surface area contributed by atoms with Crippen molar-refractivity contribution >= 4 is 50.0 Å². The lowest BCUT2D eigenvalue weighted by Crippen LogP contribution is -1.93. The van der Waals surface area contributed by atoms with Gasteiger partial charge in [-0.05, 0) is 28.1 Å². The van der Waals surface area contributed by atoms with Gasteiger partial charge in [0.25, 0.3) is 0 Å². The summed E-state index contributed by atoms with van der Waals surface area (Å²) in [6.07, 6.45) is 0. The second-order valence-corrected chi connectivity index (χ2v) is 4.26. The summed E-state index contributed by atoms with van der Waals surface area (Å²) < 4.78 is 14.2. The molecule has 0 atom stereocenters. The number of benzene rings is 1. The van der Waals surface area contributed by atoms with Gasteiger partial charge in [0.1, 0.15) is 5.15 Å². The lowest BCUT2D eigenvalue weighted by Gasteiger charge is -1.96. The molecule has 0 aliphatic heterocycles. The molecule has 1 heterocycles. The van der Waals surface area contributed by atoms with E-state index < -0.39 is 6.80 Å². The van der Waals surface area contributed by atoms with Gasteiger partial charge in [-0.1, -0.05) is 23.2 Å². The molecule has 0 radical (unpaired) electrons. The van der Waals surface area contributed by atoms with Crippen molar-refractivity contribution in [2.75, 3.05) is 0 Å². The van der Waals surface area contributed by atoms with Gasteiger partial charge in [-0.2, -0.15) is 5.10 Å². The molecule has 0 aliphatic rings. The Morgan fingerprint density at radius 2 is 2.14 bits per heavy atom. The summed E-state index contributed by atoms with van der Waals surface area (Å²) in [4.78, 5) is 0. The average molecular weight is 298 g/mol. The number of halogens is 4. The normalized spacial score (nSPS) is 11.1. The first-order valence-electron chi connectivity index (χ1n) is 3.71. The molecule has 2 aromatic rings. The van der Waals surface area contributed by atoms with E-state index in [0.717, 1.165) is 4.68 Å². The zero-order valence-electron chi connectivity index (χ0n) is 6.77. The summed E-state index contributed by atoms with van der Waals surface area (Å²) in [5.74, 6) is 0. The monoisotopic (exact) mass is 296 g/mol. The predicted octanol–water partition coefficient (Wildman–Crippen LogP) is 4.03. The van der Waals surface area contributed by atoms with Crippen molar-refractivity contribution in [3.05, 3.63) is 26.8 Å². The third-order valence-electron chi connectivity index (χ3n) is 1.85. The first kappa shape index (κ1) is 10.2. The molecule has 14 heavy (non-hydrogen) atoms. The fourth-order valence-corrected chi connectivity index (χ4v) is 2.10. The molecule has 6 heteroatoms. The third kappa shape index (κ3) is 1.42. The van der Waals surface area contributed by atoms with Gasteiger partial charge < -0.3 is 0 Å². The van der Waals surface area contributed by atoms with Crippen LogP contribution in [0.1, 0.15) is 0 Å². The zero-order chi connectivity index (χ0) is 10.3. The topological polar surface area (TPSA) is 17.8 Å². The van der Waals surface area contributed by atoms with Crippen LogP contribution in [0.3, 0.4) is 0 Å². The van der Waals surface area contributed by atoms with Crippen molar-refractivity contribution in [3.8, 4) is 0 Å². The van der Waals surface area contributed by atoms with Gasteiger partial charge in [-0.25, -0.2) is 9.07 Å². The molecule has 2 nitrogen and oxygen atoms in total. The quantitative estimate of drug-likeness (QED) is 0.777. The standard InChI is InChI=1S/C8H4BrCl2FN2/c9-4-1-2-5-6(7(4)10)8(11)14(3-12)13-5/h1-2H,3H2. The van der Waals surface area contributed by atoms with Crippen molar-refractivity contribution in [1.82, 2.24) is 9.78 Å². The highest BCUT2D eigenvalue weighted by Crippen LogP contribution is 2.35. The van der Waals surface area contributed by atoms with Crippen LogP contribution in [-0.2, 0) is 6.80 Å². The molecule has 0 saturated heterocycles. The summed E-state index contributed by atoms with van der Waals surface area (Å²) >= 11 is 15.1. The van der Waals surface area contributed by atoms with E-state index in [9.17, 15) is 4.39 Å². The number of hydrogen-bond acceptors (Lipinski definition) is 1. The fraction of sp³-hybridized carbons (Fsp3) is 0.125. The van der Waals surface area contributed by atoms with Crippen LogP contribution in [-0.4, -0.2) is 9.78 Å². The van der Waals surface area contributed by atoms with Gasteiger partial charge in [0.15, 0.2) is 6.80 Å². The van der Waals surface area contributed by atoms with E-state index in [1.165, 1.54) is 0 Å². The Morgan fingerprint density at radius 1 is 1.43 bits per heavy atom. The summed E-state index contributed by atoms with van der Waals surface area (Å²) in [7, 11) is 0. The summed E-state index contributed by atoms with van der Waals surface area (Å²) in [6, 6.07) is 3.47. The molecular formula is C8H4BrCl2FN2. The molecule has 0 saturated carbocycles. The Balaban J connectivity index is 2.87. The Labute approximate surface area is 97.7 Å². The van der Waals surface area contributed by atoms with Crippen molar-refractivity contribution in [2.45, 2.75) is 6.80 Å². The maximum atomic E-state index is 12.4. The number of fused-ring (bicyclic) bond motifs is 1. The average Bonchev–Trinajstić information content (AvgIpc) is 2.50. The summed E-state index contributed by atoms with van der Waals surface area (Å²) in [6.45, 7) is -0.762. The van der Waals surface area contributed by atoms with E-state index in [1.807, 2.05) is 0 Å². The van der Waals surface area contributed by atoms with Crippen LogP contribution in [0.4, 0.5) is 4.39 Å². The maximum absolute atomic E-state index is 12.4. The first-order chi connectivity index (χ1) is 6.65. The number of hydrogen-bond donors (Lipinski definition) is 0. The second kappa shape index (κ2) is 3.68. The highest BCUT2D eigenvalue weighted by atomic mass is 79.9. The van der Waals surface area contributed by atoms with Crippen molar-refractivity contribution in [2.24, 2.45) is 0 Å². The minimum absolute atomic E-state index is 0.216. The molecule has 1 aromatic heterocycles. The molecule has 1 aromatic carbocycles. The number of aromatic nitrogens is 2. The van der Waals surface area contributed by atoms with E-state index >= 15 is 0 Å².